The molecule has 0 aliphatic carbocycles. The Balaban J connectivity index is 2.40. The van der Waals surface area contributed by atoms with Crippen LogP contribution >= 0.6 is 12.2 Å². The van der Waals surface area contributed by atoms with Crippen LogP contribution in [0.25, 0.3) is 0 Å². The minimum Gasteiger partial charge on any atom is -0.375 e. The third-order valence-corrected chi connectivity index (χ3v) is 6.63. The SMILES string of the molecule is CCCNC(=O)C(C)(C)CCOC(C)(CC)CCNC(=O)CCN1C(=O)CC(C(C)=S)C1=O. The Bertz CT molecular complexity index is 740. The van der Waals surface area contributed by atoms with E-state index in [1.54, 1.807) is 6.92 Å². The Morgan fingerprint density at radius 1 is 1.12 bits per heavy atom. The Kier molecular flexibility index (Phi) is 11.6. The van der Waals surface area contributed by atoms with Gasteiger partial charge in [-0.3, -0.25) is 24.1 Å². The number of likely N-dealkylation sites (tertiary alicyclic amines) is 1. The maximum Gasteiger partial charge on any atom is 0.237 e. The van der Waals surface area contributed by atoms with Crippen molar-refractivity contribution in [2.45, 2.75) is 85.7 Å². The third kappa shape index (κ3) is 9.12. The quantitative estimate of drug-likeness (QED) is 0.274. The van der Waals surface area contributed by atoms with Crippen LogP contribution in [0, 0.1) is 11.3 Å². The summed E-state index contributed by atoms with van der Waals surface area (Å²) < 4.78 is 6.11. The molecule has 0 aromatic heterocycles. The summed E-state index contributed by atoms with van der Waals surface area (Å²) in [6.07, 6.45) is 3.04. The first-order chi connectivity index (χ1) is 15.4. The fourth-order valence-electron chi connectivity index (χ4n) is 3.50. The molecule has 0 bridgehead atoms. The van der Waals surface area contributed by atoms with Crippen molar-refractivity contribution in [3.8, 4) is 0 Å². The smallest absolute Gasteiger partial charge is 0.237 e. The highest BCUT2D eigenvalue weighted by Crippen LogP contribution is 2.25. The number of carbonyl (C=O) groups excluding carboxylic acids is 4. The number of nitrogens with zero attached hydrogens (tertiary/aromatic N) is 1. The van der Waals surface area contributed by atoms with Gasteiger partial charge in [0, 0.05) is 49.4 Å². The number of hydrogen-bond donors (Lipinski definition) is 2. The van der Waals surface area contributed by atoms with E-state index in [0.29, 0.717) is 37.4 Å². The van der Waals surface area contributed by atoms with Crippen molar-refractivity contribution < 1.29 is 23.9 Å². The van der Waals surface area contributed by atoms with Crippen LogP contribution in [-0.4, -0.2) is 65.2 Å². The van der Waals surface area contributed by atoms with Crippen molar-refractivity contribution in [1.29, 1.82) is 0 Å². The molecule has 1 aliphatic rings. The van der Waals surface area contributed by atoms with E-state index in [0.717, 1.165) is 17.7 Å². The van der Waals surface area contributed by atoms with Crippen LogP contribution in [-0.2, 0) is 23.9 Å². The molecule has 0 radical (unpaired) electrons. The van der Waals surface area contributed by atoms with Crippen LogP contribution in [0.2, 0.25) is 0 Å². The highest BCUT2D eigenvalue weighted by molar-refractivity contribution is 7.80. The molecule has 0 spiro atoms. The maximum atomic E-state index is 12.3. The third-order valence-electron chi connectivity index (χ3n) is 6.35. The molecule has 188 valence electrons. The second-order valence-electron chi connectivity index (χ2n) is 9.64. The van der Waals surface area contributed by atoms with Gasteiger partial charge < -0.3 is 15.4 Å². The summed E-state index contributed by atoms with van der Waals surface area (Å²) in [4.78, 5) is 50.5. The minimum absolute atomic E-state index is 0.0282. The predicted octanol–water partition coefficient (Wildman–Crippen LogP) is 2.78. The van der Waals surface area contributed by atoms with Gasteiger partial charge in [-0.1, -0.05) is 39.9 Å². The molecule has 1 aliphatic heterocycles. The number of ether oxygens (including phenoxy) is 1. The van der Waals surface area contributed by atoms with Crippen LogP contribution in [0.1, 0.15) is 80.1 Å². The number of rotatable bonds is 15. The van der Waals surface area contributed by atoms with E-state index < -0.39 is 16.9 Å². The van der Waals surface area contributed by atoms with Crippen molar-refractivity contribution in [2.24, 2.45) is 11.3 Å². The molecule has 8 nitrogen and oxygen atoms in total. The van der Waals surface area contributed by atoms with E-state index in [1.807, 2.05) is 34.6 Å². The molecule has 2 atom stereocenters. The van der Waals surface area contributed by atoms with E-state index in [1.165, 1.54) is 0 Å². The van der Waals surface area contributed by atoms with Crippen molar-refractivity contribution in [2.75, 3.05) is 26.2 Å². The molecule has 1 fully saturated rings. The van der Waals surface area contributed by atoms with E-state index in [-0.39, 0.29) is 43.0 Å². The zero-order valence-electron chi connectivity index (χ0n) is 21.0. The van der Waals surface area contributed by atoms with Gasteiger partial charge in [-0.05, 0) is 39.5 Å². The fourth-order valence-corrected chi connectivity index (χ4v) is 3.68. The lowest BCUT2D eigenvalue weighted by atomic mass is 9.88. The molecular weight excluding hydrogens is 442 g/mol. The van der Waals surface area contributed by atoms with Crippen molar-refractivity contribution in [1.82, 2.24) is 15.5 Å². The highest BCUT2D eigenvalue weighted by atomic mass is 32.1. The summed E-state index contributed by atoms with van der Waals surface area (Å²) >= 11 is 5.05. The Labute approximate surface area is 203 Å². The van der Waals surface area contributed by atoms with Gasteiger partial charge in [0.05, 0.1) is 11.5 Å². The molecule has 1 heterocycles. The van der Waals surface area contributed by atoms with Crippen LogP contribution in [0.5, 0.6) is 0 Å². The van der Waals surface area contributed by atoms with E-state index in [4.69, 9.17) is 17.0 Å². The van der Waals surface area contributed by atoms with Crippen molar-refractivity contribution in [3.63, 3.8) is 0 Å². The summed E-state index contributed by atoms with van der Waals surface area (Å²) in [5, 5.41) is 5.78. The lowest BCUT2D eigenvalue weighted by molar-refractivity contribution is -0.139. The first-order valence-electron chi connectivity index (χ1n) is 11.9. The summed E-state index contributed by atoms with van der Waals surface area (Å²) in [5.74, 6) is -1.31. The van der Waals surface area contributed by atoms with Gasteiger partial charge in [-0.25, -0.2) is 0 Å². The molecule has 4 amide bonds. The highest BCUT2D eigenvalue weighted by Gasteiger charge is 2.39. The van der Waals surface area contributed by atoms with Crippen LogP contribution < -0.4 is 10.6 Å². The molecule has 0 aromatic rings. The summed E-state index contributed by atoms with van der Waals surface area (Å²) in [5.41, 5.74) is -0.933. The fraction of sp³-hybridized carbons (Fsp3) is 0.792. The number of hydrogen-bond acceptors (Lipinski definition) is 6. The Hall–Kier alpha value is -1.87. The van der Waals surface area contributed by atoms with E-state index in [2.05, 4.69) is 10.6 Å². The standard InChI is InChI=1S/C24H41N3O5S/c1-7-12-26-22(31)23(4,5)11-15-32-24(6,8-2)10-13-25-19(28)9-14-27-20(29)16-18(17(3)33)21(27)30/h18H,7-16H2,1-6H3,(H,25,28)(H,26,31). The lowest BCUT2D eigenvalue weighted by Crippen LogP contribution is -2.40. The van der Waals surface area contributed by atoms with Gasteiger partial charge in [-0.2, -0.15) is 0 Å². The Morgan fingerprint density at radius 3 is 2.33 bits per heavy atom. The zero-order chi connectivity index (χ0) is 25.2. The van der Waals surface area contributed by atoms with Gasteiger partial charge in [0.15, 0.2) is 0 Å². The molecule has 0 saturated carbocycles. The zero-order valence-corrected chi connectivity index (χ0v) is 21.9. The topological polar surface area (TPSA) is 105 Å². The normalized spacial score (nSPS) is 18.2. The van der Waals surface area contributed by atoms with Crippen molar-refractivity contribution in [3.05, 3.63) is 0 Å². The van der Waals surface area contributed by atoms with Gasteiger partial charge in [0.25, 0.3) is 0 Å². The first kappa shape index (κ1) is 29.2. The molecule has 1 rings (SSSR count). The molecule has 1 saturated heterocycles. The number of thiocarbonyl (C=S) groups is 1. The molecule has 2 N–H and O–H groups in total. The second-order valence-corrected chi connectivity index (χ2v) is 10.3. The van der Waals surface area contributed by atoms with E-state index in [9.17, 15) is 19.2 Å². The average molecular weight is 484 g/mol. The average Bonchev–Trinajstić information content (AvgIpc) is 3.03. The molecular formula is C24H41N3O5S. The second kappa shape index (κ2) is 13.1. The van der Waals surface area contributed by atoms with Crippen LogP contribution in [0.4, 0.5) is 0 Å². The number of amides is 4. The number of nitrogens with one attached hydrogen (secondary N) is 2. The molecule has 0 aromatic carbocycles. The maximum absolute atomic E-state index is 12.3. The van der Waals surface area contributed by atoms with Crippen LogP contribution in [0.3, 0.4) is 0 Å². The minimum atomic E-state index is -0.541. The summed E-state index contributed by atoms with van der Waals surface area (Å²) in [7, 11) is 0. The molecule has 9 heteroatoms. The first-order valence-corrected chi connectivity index (χ1v) is 12.3. The predicted molar refractivity (Wildman–Crippen MR) is 132 cm³/mol. The largest absolute Gasteiger partial charge is 0.375 e. The Morgan fingerprint density at radius 2 is 1.79 bits per heavy atom. The monoisotopic (exact) mass is 483 g/mol. The van der Waals surface area contributed by atoms with Crippen LogP contribution in [0.15, 0.2) is 0 Å². The van der Waals surface area contributed by atoms with Crippen molar-refractivity contribution >= 4 is 40.7 Å². The van der Waals surface area contributed by atoms with Gasteiger partial charge in [0.2, 0.25) is 23.6 Å². The van der Waals surface area contributed by atoms with Gasteiger partial charge >= 0.3 is 0 Å². The number of imide groups is 1. The molecule has 2 unspecified atom stereocenters. The van der Waals surface area contributed by atoms with E-state index >= 15 is 0 Å². The lowest BCUT2D eigenvalue weighted by Gasteiger charge is -2.31. The van der Waals surface area contributed by atoms with Gasteiger partial charge in [0.1, 0.15) is 0 Å². The number of carbonyl (C=O) groups is 4. The summed E-state index contributed by atoms with van der Waals surface area (Å²) in [6.45, 7) is 13.1. The molecule has 33 heavy (non-hydrogen) atoms. The van der Waals surface area contributed by atoms with Gasteiger partial charge in [-0.15, -0.1) is 0 Å². The summed E-state index contributed by atoms with van der Waals surface area (Å²) in [6, 6.07) is 0.